The molecule has 0 saturated carbocycles. The van der Waals surface area contributed by atoms with Crippen LogP contribution in [0.4, 0.5) is 4.39 Å². The first-order valence-electron chi connectivity index (χ1n) is 14.7. The van der Waals surface area contributed by atoms with Crippen LogP contribution in [0, 0.1) is 18.3 Å². The number of amides is 2. The molecule has 10 heteroatoms. The van der Waals surface area contributed by atoms with Crippen molar-refractivity contribution in [1.29, 1.82) is 5.41 Å². The van der Waals surface area contributed by atoms with Gasteiger partial charge >= 0.3 is 0 Å². The predicted octanol–water partition coefficient (Wildman–Crippen LogP) is 6.43. The molecule has 4 rings (SSSR count). The average molecular weight is 630 g/mol. The number of carbonyl (C=O) groups is 3. The number of hydrogen-bond donors (Lipinski definition) is 5. The number of primary amides is 1. The van der Waals surface area contributed by atoms with Crippen LogP contribution in [0.1, 0.15) is 86.6 Å². The van der Waals surface area contributed by atoms with Crippen LogP contribution in [0.2, 0.25) is 0 Å². The number of halogens is 1. The molecular weight excluding hydrogens is 577 g/mol. The Morgan fingerprint density at radius 3 is 2.16 bits per heavy atom. The maximum absolute atomic E-state index is 12.9. The number of rotatable bonds is 8. The fraction of sp³-hybridized carbons (Fsp3) is 0.412. The van der Waals surface area contributed by atoms with E-state index in [1.165, 1.54) is 32.7 Å². The lowest BCUT2D eigenvalue weighted by molar-refractivity contribution is -0.120. The molecule has 0 bridgehead atoms. The lowest BCUT2D eigenvalue weighted by Gasteiger charge is -2.13. The highest BCUT2D eigenvalue weighted by atomic mass is 32.1. The normalized spacial score (nSPS) is 12.8. The molecule has 1 aliphatic carbocycles. The first kappa shape index (κ1) is 42.2. The zero-order valence-electron chi connectivity index (χ0n) is 27.1. The van der Waals surface area contributed by atoms with Crippen molar-refractivity contribution in [2.24, 2.45) is 23.1 Å². The molecule has 8 N–H and O–H groups in total. The summed E-state index contributed by atoms with van der Waals surface area (Å²) in [5, 5.41) is 10.9. The van der Waals surface area contributed by atoms with E-state index in [1.54, 1.807) is 11.3 Å². The van der Waals surface area contributed by atoms with Gasteiger partial charge in [-0.05, 0) is 65.1 Å². The number of nitrogens with two attached hydrogens (primary N) is 3. The minimum atomic E-state index is -0.373. The second-order valence-electron chi connectivity index (χ2n) is 9.64. The largest absolute Gasteiger partial charge is 0.390 e. The number of nitrogens with one attached hydrogen (secondary N) is 2. The molecule has 2 unspecified atom stereocenters. The summed E-state index contributed by atoms with van der Waals surface area (Å²) in [5.74, 6) is 0.295. The predicted molar refractivity (Wildman–Crippen MR) is 184 cm³/mol. The molecule has 0 radical (unpaired) electrons. The van der Waals surface area contributed by atoms with Gasteiger partial charge in [-0.15, -0.1) is 11.3 Å². The number of alkyl halides is 1. The number of hydrogen-bond acceptors (Lipinski definition) is 6. The van der Waals surface area contributed by atoms with E-state index < -0.39 is 0 Å². The Hall–Kier alpha value is -3.89. The maximum Gasteiger partial charge on any atom is 0.224 e. The Bertz CT molecular complexity index is 1210. The Balaban J connectivity index is 0. The van der Waals surface area contributed by atoms with E-state index in [1.807, 2.05) is 40.6 Å². The molecule has 0 fully saturated rings. The number of carbonyl (C=O) groups excluding carboxylic acids is 3. The summed E-state index contributed by atoms with van der Waals surface area (Å²) < 4.78 is 12.9. The van der Waals surface area contributed by atoms with Gasteiger partial charge in [-0.25, -0.2) is 0 Å². The Labute approximate surface area is 267 Å². The summed E-state index contributed by atoms with van der Waals surface area (Å²) in [6.45, 7) is 14.4. The van der Waals surface area contributed by atoms with Crippen LogP contribution in [0.3, 0.4) is 0 Å². The van der Waals surface area contributed by atoms with Crippen molar-refractivity contribution in [3.8, 4) is 11.1 Å². The summed E-state index contributed by atoms with van der Waals surface area (Å²) in [6, 6.07) is 17.1. The van der Waals surface area contributed by atoms with Gasteiger partial charge in [0.15, 0.2) is 0 Å². The molecule has 1 aromatic heterocycles. The summed E-state index contributed by atoms with van der Waals surface area (Å²) in [7, 11) is 0. The standard InChI is InChI=1S/C22H26FNO.C7H11NS.C2H6.CH4N2.CH3NO.CH2O/c1-3-6-17(13-23)14-24-22(25)12-16-9-10-19-15(2)18-7-4-5-8-20(18)21(19)11-16;1-5-3-7(6(2)8)9-4-5;1-2;2*2-1-3;1-2/h4-5,7-11,15,17H,3,6,12-14H2,1-2H3,(H,24,25);3-4,6H,8H2,1-2H3;1-2H3;1H,(H3,2,3);1H,(H2,2,3);1H2/t;6-;;;;/m.1..../s1. The fourth-order valence-electron chi connectivity index (χ4n) is 4.45. The molecule has 244 valence electrons. The van der Waals surface area contributed by atoms with E-state index in [2.05, 4.69) is 78.5 Å². The van der Waals surface area contributed by atoms with E-state index in [0.29, 0.717) is 18.9 Å². The third kappa shape index (κ3) is 15.0. The van der Waals surface area contributed by atoms with Crippen LogP contribution in [-0.4, -0.2) is 38.7 Å². The summed E-state index contributed by atoms with van der Waals surface area (Å²) in [5.41, 5.74) is 21.7. The highest BCUT2D eigenvalue weighted by Gasteiger charge is 2.25. The number of thiophene rings is 1. The number of fused-ring (bicyclic) bond motifs is 3. The van der Waals surface area contributed by atoms with Gasteiger partial charge in [0.1, 0.15) is 6.79 Å². The maximum atomic E-state index is 12.9. The quantitative estimate of drug-likeness (QED) is 0.110. The van der Waals surface area contributed by atoms with Gasteiger partial charge in [0, 0.05) is 29.3 Å². The van der Waals surface area contributed by atoms with Crippen molar-refractivity contribution < 1.29 is 18.8 Å². The monoisotopic (exact) mass is 629 g/mol. The van der Waals surface area contributed by atoms with Crippen LogP contribution < -0.4 is 22.5 Å². The number of aryl methyl sites for hydroxylation is 1. The molecular formula is C34H52FN5O3S. The average Bonchev–Trinajstić information content (AvgIpc) is 3.59. The smallest absolute Gasteiger partial charge is 0.224 e. The summed E-state index contributed by atoms with van der Waals surface area (Å²) in [6.07, 6.45) is 3.09. The molecule has 0 saturated heterocycles. The van der Waals surface area contributed by atoms with E-state index in [-0.39, 0.29) is 31.0 Å². The van der Waals surface area contributed by atoms with Gasteiger partial charge in [-0.2, -0.15) is 0 Å². The molecule has 3 aromatic rings. The molecule has 44 heavy (non-hydrogen) atoms. The van der Waals surface area contributed by atoms with Crippen molar-refractivity contribution in [3.05, 3.63) is 81.0 Å². The van der Waals surface area contributed by atoms with Crippen molar-refractivity contribution in [2.45, 2.75) is 72.8 Å². The van der Waals surface area contributed by atoms with Crippen LogP contribution >= 0.6 is 11.3 Å². The third-order valence-electron chi connectivity index (χ3n) is 6.37. The molecule has 0 aliphatic heterocycles. The van der Waals surface area contributed by atoms with Crippen LogP contribution in [-0.2, 0) is 20.8 Å². The van der Waals surface area contributed by atoms with Crippen molar-refractivity contribution >= 4 is 36.8 Å². The molecule has 1 aliphatic rings. The Morgan fingerprint density at radius 2 is 1.68 bits per heavy atom. The first-order chi connectivity index (χ1) is 21.2. The highest BCUT2D eigenvalue weighted by molar-refractivity contribution is 7.10. The van der Waals surface area contributed by atoms with Crippen LogP contribution in [0.25, 0.3) is 11.1 Å². The Kier molecular flexibility index (Phi) is 24.6. The lowest BCUT2D eigenvalue weighted by Crippen LogP contribution is -2.31. The lowest BCUT2D eigenvalue weighted by atomic mass is 9.98. The zero-order valence-corrected chi connectivity index (χ0v) is 27.9. The molecule has 2 aromatic carbocycles. The third-order valence-corrected chi connectivity index (χ3v) is 7.62. The fourth-order valence-corrected chi connectivity index (χ4v) is 5.31. The molecule has 0 spiro atoms. The Morgan fingerprint density at radius 1 is 1.11 bits per heavy atom. The van der Waals surface area contributed by atoms with Gasteiger partial charge in [0.2, 0.25) is 12.3 Å². The summed E-state index contributed by atoms with van der Waals surface area (Å²) in [4.78, 5) is 30.1. The van der Waals surface area contributed by atoms with Crippen molar-refractivity contribution in [2.75, 3.05) is 13.2 Å². The SMILES string of the molecule is C=O.CC.CCCC(CF)CNC(=O)Cc1ccc2c(c1)-c1ccccc1C2C.Cc1csc([C@@H](C)N)c1.N=CN.NC=O. The first-order valence-corrected chi connectivity index (χ1v) is 15.5. The second-order valence-corrected chi connectivity index (χ2v) is 10.6. The van der Waals surface area contributed by atoms with Gasteiger partial charge in [0.05, 0.1) is 19.4 Å². The topological polar surface area (TPSA) is 165 Å². The van der Waals surface area contributed by atoms with E-state index in [9.17, 15) is 9.18 Å². The molecule has 8 nitrogen and oxygen atoms in total. The second kappa shape index (κ2) is 25.6. The van der Waals surface area contributed by atoms with Crippen LogP contribution in [0.5, 0.6) is 0 Å². The van der Waals surface area contributed by atoms with Crippen molar-refractivity contribution in [1.82, 2.24) is 5.32 Å². The van der Waals surface area contributed by atoms with Crippen molar-refractivity contribution in [3.63, 3.8) is 0 Å². The number of benzene rings is 2. The zero-order chi connectivity index (χ0) is 34.1. The molecule has 2 amide bonds. The summed E-state index contributed by atoms with van der Waals surface area (Å²) >= 11 is 1.73. The van der Waals surface area contributed by atoms with Gasteiger partial charge in [-0.1, -0.05) is 76.6 Å². The van der Waals surface area contributed by atoms with E-state index >= 15 is 0 Å². The van der Waals surface area contributed by atoms with E-state index in [0.717, 1.165) is 24.7 Å². The minimum Gasteiger partial charge on any atom is -0.390 e. The van der Waals surface area contributed by atoms with E-state index in [4.69, 9.17) is 20.7 Å². The van der Waals surface area contributed by atoms with Crippen LogP contribution in [0.15, 0.2) is 53.9 Å². The van der Waals surface area contributed by atoms with Gasteiger partial charge in [0.25, 0.3) is 0 Å². The molecule has 1 heterocycles. The van der Waals surface area contributed by atoms with Gasteiger partial charge in [-0.3, -0.25) is 19.4 Å². The highest BCUT2D eigenvalue weighted by Crippen LogP contribution is 2.44. The minimum absolute atomic E-state index is 0.0335. The molecule has 3 atom stereocenters. The van der Waals surface area contributed by atoms with Gasteiger partial charge < -0.3 is 27.3 Å².